The molecule has 0 amide bonds. The van der Waals surface area contributed by atoms with Gasteiger partial charge >= 0.3 is 5.97 Å². The predicted octanol–water partition coefficient (Wildman–Crippen LogP) is 8.03. The van der Waals surface area contributed by atoms with E-state index < -0.39 is 5.60 Å². The molecule has 0 heterocycles. The SMILES string of the molecule is CCC(CC)(c1ccc(CCC2(O)CCCC2)c(C)c1)c1ccc(-c2ccc(CC(=O)OC)cc2)c(C)c1. The van der Waals surface area contributed by atoms with Gasteiger partial charge in [-0.25, -0.2) is 0 Å². The van der Waals surface area contributed by atoms with Crippen molar-refractivity contribution in [2.75, 3.05) is 7.11 Å². The van der Waals surface area contributed by atoms with Crippen LogP contribution >= 0.6 is 0 Å². The van der Waals surface area contributed by atoms with Gasteiger partial charge in [0, 0.05) is 5.41 Å². The fourth-order valence-corrected chi connectivity index (χ4v) is 6.48. The third-order valence-electron chi connectivity index (χ3n) is 9.12. The second-order valence-electron chi connectivity index (χ2n) is 11.3. The third-order valence-corrected chi connectivity index (χ3v) is 9.12. The molecular formula is C35H44O3. The normalized spacial score (nSPS) is 15.0. The van der Waals surface area contributed by atoms with Crippen molar-refractivity contribution in [3.8, 4) is 11.1 Å². The van der Waals surface area contributed by atoms with Gasteiger partial charge in [-0.2, -0.15) is 0 Å². The van der Waals surface area contributed by atoms with Crippen LogP contribution in [0.3, 0.4) is 0 Å². The highest BCUT2D eigenvalue weighted by atomic mass is 16.5. The van der Waals surface area contributed by atoms with Gasteiger partial charge in [0.1, 0.15) is 0 Å². The maximum absolute atomic E-state index is 11.6. The molecule has 1 fully saturated rings. The molecule has 0 aromatic heterocycles. The maximum Gasteiger partial charge on any atom is 0.309 e. The van der Waals surface area contributed by atoms with Crippen LogP contribution in [0.4, 0.5) is 0 Å². The Morgan fingerprint density at radius 2 is 1.50 bits per heavy atom. The monoisotopic (exact) mass is 512 g/mol. The zero-order chi connectivity index (χ0) is 27.3. The van der Waals surface area contributed by atoms with Gasteiger partial charge in [0.05, 0.1) is 19.1 Å². The van der Waals surface area contributed by atoms with Crippen molar-refractivity contribution < 1.29 is 14.6 Å². The molecule has 0 unspecified atom stereocenters. The van der Waals surface area contributed by atoms with Crippen LogP contribution in [-0.4, -0.2) is 23.8 Å². The smallest absolute Gasteiger partial charge is 0.309 e. The van der Waals surface area contributed by atoms with Crippen LogP contribution in [-0.2, 0) is 27.8 Å². The second-order valence-corrected chi connectivity index (χ2v) is 11.3. The molecule has 0 aliphatic heterocycles. The minimum absolute atomic E-state index is 0.0411. The highest BCUT2D eigenvalue weighted by molar-refractivity contribution is 5.73. The highest BCUT2D eigenvalue weighted by Gasteiger charge is 2.33. The van der Waals surface area contributed by atoms with E-state index >= 15 is 0 Å². The maximum atomic E-state index is 11.6. The van der Waals surface area contributed by atoms with Crippen LogP contribution in [0.15, 0.2) is 60.7 Å². The lowest BCUT2D eigenvalue weighted by molar-refractivity contribution is -0.139. The minimum Gasteiger partial charge on any atom is -0.469 e. The first-order chi connectivity index (χ1) is 18.2. The Balaban J connectivity index is 1.58. The number of esters is 1. The van der Waals surface area contributed by atoms with Gasteiger partial charge in [-0.15, -0.1) is 0 Å². The van der Waals surface area contributed by atoms with E-state index in [1.165, 1.54) is 40.5 Å². The highest BCUT2D eigenvalue weighted by Crippen LogP contribution is 2.41. The first-order valence-electron chi connectivity index (χ1n) is 14.3. The summed E-state index contributed by atoms with van der Waals surface area (Å²) in [6.45, 7) is 9.02. The Morgan fingerprint density at radius 1 is 0.895 bits per heavy atom. The lowest BCUT2D eigenvalue weighted by atomic mass is 9.69. The molecule has 3 aromatic rings. The number of aliphatic hydroxyl groups is 1. The van der Waals surface area contributed by atoms with Crippen molar-refractivity contribution >= 4 is 5.97 Å². The molecular weight excluding hydrogens is 468 g/mol. The average molecular weight is 513 g/mol. The molecule has 38 heavy (non-hydrogen) atoms. The van der Waals surface area contributed by atoms with Crippen LogP contribution in [0.25, 0.3) is 11.1 Å². The van der Waals surface area contributed by atoms with Crippen molar-refractivity contribution in [2.45, 2.75) is 96.5 Å². The number of aryl methyl sites for hydroxylation is 3. The first kappa shape index (κ1) is 28.1. The van der Waals surface area contributed by atoms with Gasteiger partial charge in [-0.05, 0) is 96.9 Å². The Hall–Kier alpha value is -2.91. The Kier molecular flexibility index (Phi) is 8.78. The van der Waals surface area contributed by atoms with Crippen LogP contribution in [0.2, 0.25) is 0 Å². The lowest BCUT2D eigenvalue weighted by Crippen LogP contribution is -2.27. The van der Waals surface area contributed by atoms with Crippen LogP contribution in [0.5, 0.6) is 0 Å². The van der Waals surface area contributed by atoms with Gasteiger partial charge in [0.25, 0.3) is 0 Å². The number of hydrogen-bond acceptors (Lipinski definition) is 3. The van der Waals surface area contributed by atoms with E-state index in [2.05, 4.69) is 76.2 Å². The standard InChI is InChI=1S/C35H44O3/c1-6-35(7-2,30-15-14-28(25(3)22-30)18-21-34(37)19-8-9-20-34)31-16-17-32(26(4)23-31)29-12-10-27(11-13-29)24-33(36)38-5/h10-17,22-23,37H,6-9,18-21,24H2,1-5H3. The van der Waals surface area contributed by atoms with Crippen molar-refractivity contribution in [3.63, 3.8) is 0 Å². The van der Waals surface area contributed by atoms with Crippen LogP contribution in [0, 0.1) is 13.8 Å². The summed E-state index contributed by atoms with van der Waals surface area (Å²) in [6.07, 6.45) is 8.38. The Labute approximate surface area is 229 Å². The topological polar surface area (TPSA) is 46.5 Å². The number of methoxy groups -OCH3 is 1. The predicted molar refractivity (Wildman–Crippen MR) is 157 cm³/mol. The van der Waals surface area contributed by atoms with E-state index in [1.807, 2.05) is 12.1 Å². The van der Waals surface area contributed by atoms with Gasteiger partial charge in [0.2, 0.25) is 0 Å². The van der Waals surface area contributed by atoms with E-state index in [9.17, 15) is 9.90 Å². The first-order valence-corrected chi connectivity index (χ1v) is 14.3. The minimum atomic E-state index is -0.456. The molecule has 0 atom stereocenters. The number of rotatable bonds is 10. The number of benzene rings is 3. The zero-order valence-corrected chi connectivity index (χ0v) is 23.9. The van der Waals surface area contributed by atoms with Gasteiger partial charge in [0.15, 0.2) is 0 Å². The average Bonchev–Trinajstić information content (AvgIpc) is 3.36. The Morgan fingerprint density at radius 3 is 2.05 bits per heavy atom. The zero-order valence-electron chi connectivity index (χ0n) is 23.9. The summed E-state index contributed by atoms with van der Waals surface area (Å²) in [7, 11) is 1.42. The van der Waals surface area contributed by atoms with Gasteiger partial charge in [-0.3, -0.25) is 4.79 Å². The number of hydrogen-bond donors (Lipinski definition) is 1. The van der Waals surface area contributed by atoms with Gasteiger partial charge in [-0.1, -0.05) is 87.4 Å². The van der Waals surface area contributed by atoms with Crippen molar-refractivity contribution in [1.82, 2.24) is 0 Å². The molecule has 1 aliphatic rings. The number of carbonyl (C=O) groups is 1. The molecule has 0 bridgehead atoms. The Bertz CT molecular complexity index is 1240. The van der Waals surface area contributed by atoms with E-state index in [0.717, 1.165) is 62.5 Å². The molecule has 0 radical (unpaired) electrons. The molecule has 1 aliphatic carbocycles. The summed E-state index contributed by atoms with van der Waals surface area (Å²) in [6, 6.07) is 22.2. The van der Waals surface area contributed by atoms with Crippen molar-refractivity contribution in [1.29, 1.82) is 0 Å². The summed E-state index contributed by atoms with van der Waals surface area (Å²) in [4.78, 5) is 11.6. The second kappa shape index (κ2) is 11.9. The van der Waals surface area contributed by atoms with Gasteiger partial charge < -0.3 is 9.84 Å². The molecule has 0 saturated heterocycles. The number of carbonyl (C=O) groups excluding carboxylic acids is 1. The number of ether oxygens (including phenoxy) is 1. The van der Waals surface area contributed by atoms with E-state index in [1.54, 1.807) is 0 Å². The summed E-state index contributed by atoms with van der Waals surface area (Å²) in [5.74, 6) is -0.219. The largest absolute Gasteiger partial charge is 0.469 e. The van der Waals surface area contributed by atoms with E-state index in [-0.39, 0.29) is 11.4 Å². The fraction of sp³-hybridized carbons (Fsp3) is 0.457. The fourth-order valence-electron chi connectivity index (χ4n) is 6.48. The van der Waals surface area contributed by atoms with Crippen molar-refractivity contribution in [3.05, 3.63) is 94.0 Å². The van der Waals surface area contributed by atoms with Crippen LogP contribution < -0.4 is 0 Å². The molecule has 3 heteroatoms. The van der Waals surface area contributed by atoms with Crippen molar-refractivity contribution in [2.24, 2.45) is 0 Å². The molecule has 3 aromatic carbocycles. The summed E-state index contributed by atoms with van der Waals surface area (Å²) < 4.78 is 4.79. The quantitative estimate of drug-likeness (QED) is 0.280. The molecule has 202 valence electrons. The summed E-state index contributed by atoms with van der Waals surface area (Å²) in [5.41, 5.74) is 9.52. The summed E-state index contributed by atoms with van der Waals surface area (Å²) >= 11 is 0. The molecule has 1 N–H and O–H groups in total. The molecule has 0 spiro atoms. The molecule has 4 rings (SSSR count). The lowest BCUT2D eigenvalue weighted by Gasteiger charge is -2.34. The van der Waals surface area contributed by atoms with Crippen LogP contribution in [0.1, 0.15) is 92.2 Å². The van der Waals surface area contributed by atoms with E-state index in [4.69, 9.17) is 4.74 Å². The summed E-state index contributed by atoms with van der Waals surface area (Å²) in [5, 5.41) is 10.8. The molecule has 1 saturated carbocycles. The third kappa shape index (κ3) is 5.89. The molecule has 3 nitrogen and oxygen atoms in total. The van der Waals surface area contributed by atoms with E-state index in [0.29, 0.717) is 6.42 Å².